The quantitative estimate of drug-likeness (QED) is 0.460. The van der Waals surface area contributed by atoms with E-state index in [1.54, 1.807) is 25.3 Å². The van der Waals surface area contributed by atoms with Gasteiger partial charge in [-0.25, -0.2) is 0 Å². The monoisotopic (exact) mass is 446 g/mol. The summed E-state index contributed by atoms with van der Waals surface area (Å²) in [5, 5.41) is 15.5. The minimum Gasteiger partial charge on any atom is -0.495 e. The second-order valence-corrected chi connectivity index (χ2v) is 9.28. The molecule has 1 amide bonds. The number of ether oxygens (including phenoxy) is 1. The molecule has 1 aliphatic carbocycles. The molecular formula is C20H19ClN4O2S2. The third-order valence-corrected chi connectivity index (χ3v) is 6.78. The number of hydrogen-bond donors (Lipinski definition) is 2. The van der Waals surface area contributed by atoms with Crippen LogP contribution in [0.5, 0.6) is 5.75 Å². The number of anilines is 2. The highest BCUT2D eigenvalue weighted by atomic mass is 35.5. The van der Waals surface area contributed by atoms with Gasteiger partial charge in [-0.15, -0.1) is 10.2 Å². The van der Waals surface area contributed by atoms with Gasteiger partial charge >= 0.3 is 0 Å². The fourth-order valence-corrected chi connectivity index (χ4v) is 4.95. The standard InChI is InChI=1S/C20H19ClN4O2S2/c1-27-16-10-9-14(11-15(16)21)22-18(26)17(12-5-3-2-4-6-12)28-20-25-24-19(29-20)23-13-7-8-13/h2-6,9-11,13,17H,7-8H2,1H3,(H,22,26)(H,23,24)/t17-/m1/s1. The van der Waals surface area contributed by atoms with Gasteiger partial charge in [-0.2, -0.15) is 0 Å². The molecular weight excluding hydrogens is 428 g/mol. The van der Waals surface area contributed by atoms with Crippen LogP contribution in [-0.2, 0) is 4.79 Å². The molecule has 1 fully saturated rings. The first-order valence-electron chi connectivity index (χ1n) is 9.08. The predicted octanol–water partition coefficient (Wildman–Crippen LogP) is 5.25. The number of hydrogen-bond acceptors (Lipinski definition) is 7. The topological polar surface area (TPSA) is 76.1 Å². The molecule has 2 aromatic carbocycles. The zero-order valence-corrected chi connectivity index (χ0v) is 18.0. The number of rotatable bonds is 8. The maximum atomic E-state index is 13.1. The van der Waals surface area contributed by atoms with Crippen LogP contribution in [0.25, 0.3) is 0 Å². The van der Waals surface area contributed by atoms with E-state index < -0.39 is 5.25 Å². The number of halogens is 1. The van der Waals surface area contributed by atoms with Crippen LogP contribution >= 0.6 is 34.7 Å². The fourth-order valence-electron chi connectivity index (χ4n) is 2.67. The van der Waals surface area contributed by atoms with Gasteiger partial charge in [0.05, 0.1) is 12.1 Å². The van der Waals surface area contributed by atoms with Crippen LogP contribution in [0.1, 0.15) is 23.7 Å². The van der Waals surface area contributed by atoms with Crippen LogP contribution in [0.2, 0.25) is 5.02 Å². The summed E-state index contributed by atoms with van der Waals surface area (Å²) in [5.74, 6) is 0.400. The van der Waals surface area contributed by atoms with E-state index in [-0.39, 0.29) is 5.91 Å². The molecule has 9 heteroatoms. The second kappa shape index (κ2) is 9.02. The highest BCUT2D eigenvalue weighted by Crippen LogP contribution is 2.39. The molecule has 1 aromatic heterocycles. The minimum absolute atomic E-state index is 0.158. The van der Waals surface area contributed by atoms with E-state index in [2.05, 4.69) is 20.8 Å². The molecule has 0 saturated heterocycles. The number of aromatic nitrogens is 2. The van der Waals surface area contributed by atoms with Crippen molar-refractivity contribution in [2.75, 3.05) is 17.7 Å². The molecule has 2 N–H and O–H groups in total. The van der Waals surface area contributed by atoms with Gasteiger partial charge in [0, 0.05) is 11.7 Å². The SMILES string of the molecule is COc1ccc(NC(=O)[C@H](Sc2nnc(NC3CC3)s2)c2ccccc2)cc1Cl. The van der Waals surface area contributed by atoms with Gasteiger partial charge in [-0.05, 0) is 36.6 Å². The normalized spacial score (nSPS) is 14.3. The van der Waals surface area contributed by atoms with Gasteiger partial charge in [0.25, 0.3) is 0 Å². The van der Waals surface area contributed by atoms with Crippen LogP contribution in [0, 0.1) is 0 Å². The van der Waals surface area contributed by atoms with E-state index >= 15 is 0 Å². The van der Waals surface area contributed by atoms with Crippen molar-refractivity contribution >= 4 is 51.4 Å². The number of amides is 1. The smallest absolute Gasteiger partial charge is 0.242 e. The lowest BCUT2D eigenvalue weighted by atomic mass is 10.1. The van der Waals surface area contributed by atoms with Gasteiger partial charge in [0.15, 0.2) is 4.34 Å². The molecule has 150 valence electrons. The summed E-state index contributed by atoms with van der Waals surface area (Å²) < 4.78 is 5.91. The van der Waals surface area contributed by atoms with Gasteiger partial charge < -0.3 is 15.4 Å². The van der Waals surface area contributed by atoms with Gasteiger partial charge in [-0.1, -0.05) is 65.0 Å². The molecule has 0 bridgehead atoms. The third kappa shape index (κ3) is 5.20. The number of carbonyl (C=O) groups excluding carboxylic acids is 1. The van der Waals surface area contributed by atoms with Crippen molar-refractivity contribution < 1.29 is 9.53 Å². The molecule has 0 unspecified atom stereocenters. The maximum Gasteiger partial charge on any atom is 0.242 e. The first-order valence-corrected chi connectivity index (χ1v) is 11.2. The first kappa shape index (κ1) is 20.0. The van der Waals surface area contributed by atoms with Crippen LogP contribution in [-0.4, -0.2) is 29.3 Å². The number of benzene rings is 2. The lowest BCUT2D eigenvalue weighted by molar-refractivity contribution is -0.115. The van der Waals surface area contributed by atoms with Crippen LogP contribution in [0.3, 0.4) is 0 Å². The van der Waals surface area contributed by atoms with Gasteiger partial charge in [0.1, 0.15) is 11.0 Å². The Labute approximate surface area is 182 Å². The molecule has 1 atom stereocenters. The van der Waals surface area contributed by atoms with Gasteiger partial charge in [0.2, 0.25) is 11.0 Å². The lowest BCUT2D eigenvalue weighted by Crippen LogP contribution is -2.19. The lowest BCUT2D eigenvalue weighted by Gasteiger charge is -2.16. The Morgan fingerprint density at radius 3 is 2.72 bits per heavy atom. The molecule has 1 heterocycles. The zero-order valence-electron chi connectivity index (χ0n) is 15.6. The Bertz CT molecular complexity index is 995. The Balaban J connectivity index is 1.52. The van der Waals surface area contributed by atoms with E-state index in [9.17, 15) is 4.79 Å². The largest absolute Gasteiger partial charge is 0.495 e. The molecule has 1 saturated carbocycles. The molecule has 3 aromatic rings. The molecule has 0 radical (unpaired) electrons. The zero-order chi connectivity index (χ0) is 20.2. The maximum absolute atomic E-state index is 13.1. The van der Waals surface area contributed by atoms with Crippen molar-refractivity contribution in [3.8, 4) is 5.75 Å². The summed E-state index contributed by atoms with van der Waals surface area (Å²) in [7, 11) is 1.55. The predicted molar refractivity (Wildman–Crippen MR) is 118 cm³/mol. The number of nitrogens with one attached hydrogen (secondary N) is 2. The van der Waals surface area contributed by atoms with E-state index in [1.165, 1.54) is 35.9 Å². The molecule has 0 aliphatic heterocycles. The van der Waals surface area contributed by atoms with Crippen molar-refractivity contribution in [1.82, 2.24) is 10.2 Å². The summed E-state index contributed by atoms with van der Waals surface area (Å²) in [4.78, 5) is 13.1. The first-order chi connectivity index (χ1) is 14.1. The number of carbonyl (C=O) groups is 1. The van der Waals surface area contributed by atoms with E-state index in [0.29, 0.717) is 22.5 Å². The summed E-state index contributed by atoms with van der Waals surface area (Å²) in [5.41, 5.74) is 1.50. The van der Waals surface area contributed by atoms with Crippen LogP contribution < -0.4 is 15.4 Å². The number of methoxy groups -OCH3 is 1. The van der Waals surface area contributed by atoms with Crippen molar-refractivity contribution in [1.29, 1.82) is 0 Å². The van der Waals surface area contributed by atoms with E-state index in [4.69, 9.17) is 16.3 Å². The number of nitrogens with zero attached hydrogens (tertiary/aromatic N) is 2. The summed E-state index contributed by atoms with van der Waals surface area (Å²) >= 11 is 9.04. The second-order valence-electron chi connectivity index (χ2n) is 6.54. The minimum atomic E-state index is -0.473. The molecule has 29 heavy (non-hydrogen) atoms. The van der Waals surface area contributed by atoms with Crippen LogP contribution in [0.15, 0.2) is 52.9 Å². The number of thioether (sulfide) groups is 1. The van der Waals surface area contributed by atoms with Crippen LogP contribution in [0.4, 0.5) is 10.8 Å². The van der Waals surface area contributed by atoms with E-state index in [0.717, 1.165) is 15.0 Å². The fraction of sp³-hybridized carbons (Fsp3) is 0.250. The van der Waals surface area contributed by atoms with Crippen molar-refractivity contribution in [3.63, 3.8) is 0 Å². The van der Waals surface area contributed by atoms with Crippen molar-refractivity contribution in [2.24, 2.45) is 0 Å². The Hall–Kier alpha value is -2.29. The molecule has 4 rings (SSSR count). The summed E-state index contributed by atoms with van der Waals surface area (Å²) in [6, 6.07) is 15.3. The van der Waals surface area contributed by atoms with Crippen molar-refractivity contribution in [3.05, 3.63) is 59.1 Å². The Kier molecular flexibility index (Phi) is 6.22. The summed E-state index contributed by atoms with van der Waals surface area (Å²) in [6.45, 7) is 0. The molecule has 0 spiro atoms. The highest BCUT2D eigenvalue weighted by Gasteiger charge is 2.26. The highest BCUT2D eigenvalue weighted by molar-refractivity contribution is 8.02. The summed E-state index contributed by atoms with van der Waals surface area (Å²) in [6.07, 6.45) is 2.34. The molecule has 6 nitrogen and oxygen atoms in total. The Morgan fingerprint density at radius 2 is 2.03 bits per heavy atom. The van der Waals surface area contributed by atoms with E-state index in [1.807, 2.05) is 30.3 Å². The molecule has 1 aliphatic rings. The third-order valence-electron chi connectivity index (χ3n) is 4.29. The average molecular weight is 447 g/mol. The Morgan fingerprint density at radius 1 is 1.24 bits per heavy atom. The van der Waals surface area contributed by atoms with Gasteiger partial charge in [-0.3, -0.25) is 4.79 Å². The average Bonchev–Trinajstić information content (AvgIpc) is 3.43. The van der Waals surface area contributed by atoms with Crippen molar-refractivity contribution in [2.45, 2.75) is 28.5 Å².